The Balaban J connectivity index is 1.19. The van der Waals surface area contributed by atoms with Gasteiger partial charge in [0.25, 0.3) is 0 Å². The molecule has 2 aromatic heterocycles. The van der Waals surface area contributed by atoms with Gasteiger partial charge in [-0.15, -0.1) is 0 Å². The van der Waals surface area contributed by atoms with Crippen molar-refractivity contribution in [1.29, 1.82) is 0 Å². The van der Waals surface area contributed by atoms with E-state index in [9.17, 15) is 4.79 Å². The molecule has 6 aromatic rings. The number of nitrogens with zero attached hydrogens (tertiary/aromatic N) is 6. The Kier molecular flexibility index (Phi) is 7.59. The Morgan fingerprint density at radius 3 is 1.93 bits per heavy atom. The van der Waals surface area contributed by atoms with Crippen molar-refractivity contribution >= 4 is 22.8 Å². The van der Waals surface area contributed by atoms with Gasteiger partial charge in [-0.3, -0.25) is 4.79 Å². The van der Waals surface area contributed by atoms with Crippen LogP contribution in [0.25, 0.3) is 16.7 Å². The van der Waals surface area contributed by atoms with Gasteiger partial charge < -0.3 is 9.80 Å². The van der Waals surface area contributed by atoms with E-state index in [0.717, 1.165) is 45.1 Å². The number of piperazine rings is 1. The number of hydrogen-bond acceptors (Lipinski definition) is 5. The van der Waals surface area contributed by atoms with Crippen LogP contribution in [0, 0.1) is 6.92 Å². The topological polar surface area (TPSA) is 67.2 Å². The lowest BCUT2D eigenvalue weighted by Crippen LogP contribution is -2.50. The molecule has 7 nitrogen and oxygen atoms in total. The van der Waals surface area contributed by atoms with E-state index in [1.165, 1.54) is 5.56 Å². The molecule has 7 heteroatoms. The first-order chi connectivity index (χ1) is 21.6. The average molecular weight is 579 g/mol. The second kappa shape index (κ2) is 12.1. The van der Waals surface area contributed by atoms with E-state index in [0.29, 0.717) is 32.6 Å². The van der Waals surface area contributed by atoms with Gasteiger partial charge >= 0.3 is 0 Å². The highest BCUT2D eigenvalue weighted by Gasteiger charge is 2.31. The van der Waals surface area contributed by atoms with Crippen LogP contribution < -0.4 is 4.90 Å². The molecule has 0 saturated carbocycles. The van der Waals surface area contributed by atoms with Crippen molar-refractivity contribution in [2.24, 2.45) is 0 Å². The molecule has 7 rings (SSSR count). The summed E-state index contributed by atoms with van der Waals surface area (Å²) in [5.74, 6) is 1.42. The molecule has 0 spiro atoms. The number of fused-ring (bicyclic) bond motifs is 1. The fourth-order valence-electron chi connectivity index (χ4n) is 5.99. The zero-order valence-corrected chi connectivity index (χ0v) is 24.8. The summed E-state index contributed by atoms with van der Waals surface area (Å²) in [5, 5.41) is 5.65. The Morgan fingerprint density at radius 1 is 0.727 bits per heavy atom. The molecule has 1 aliphatic heterocycles. The zero-order valence-electron chi connectivity index (χ0n) is 24.8. The van der Waals surface area contributed by atoms with Gasteiger partial charge in [-0.05, 0) is 35.7 Å². The van der Waals surface area contributed by atoms with Crippen molar-refractivity contribution in [3.63, 3.8) is 0 Å². The minimum atomic E-state index is -0.333. The maximum Gasteiger partial charge on any atom is 0.234 e. The Morgan fingerprint density at radius 2 is 1.32 bits per heavy atom. The normalized spacial score (nSPS) is 13.5. The first-order valence-corrected chi connectivity index (χ1v) is 15.1. The molecule has 1 fully saturated rings. The second-order valence-corrected chi connectivity index (χ2v) is 11.3. The number of aryl methyl sites for hydroxylation is 1. The van der Waals surface area contributed by atoms with Crippen LogP contribution in [0.5, 0.6) is 0 Å². The van der Waals surface area contributed by atoms with Crippen molar-refractivity contribution in [2.45, 2.75) is 19.3 Å². The van der Waals surface area contributed by atoms with Crippen molar-refractivity contribution in [2.75, 3.05) is 31.1 Å². The summed E-state index contributed by atoms with van der Waals surface area (Å²) in [5.41, 5.74) is 6.15. The minimum absolute atomic E-state index is 0.131. The monoisotopic (exact) mass is 578 g/mol. The largest absolute Gasteiger partial charge is 0.352 e. The molecular formula is C37H34N6O. The molecule has 0 aliphatic carbocycles. The molecule has 44 heavy (non-hydrogen) atoms. The van der Waals surface area contributed by atoms with Crippen LogP contribution in [0.3, 0.4) is 0 Å². The van der Waals surface area contributed by atoms with Crippen molar-refractivity contribution in [3.8, 4) is 5.69 Å². The number of hydrogen-bond donors (Lipinski definition) is 0. The van der Waals surface area contributed by atoms with E-state index in [1.54, 1.807) is 0 Å². The molecule has 1 aliphatic rings. The smallest absolute Gasteiger partial charge is 0.234 e. The lowest BCUT2D eigenvalue weighted by Gasteiger charge is -2.37. The predicted octanol–water partition coefficient (Wildman–Crippen LogP) is 6.20. The molecule has 4 aromatic carbocycles. The lowest BCUT2D eigenvalue weighted by molar-refractivity contribution is -0.132. The summed E-state index contributed by atoms with van der Waals surface area (Å²) in [6, 6.07) is 38.8. The third-order valence-electron chi connectivity index (χ3n) is 8.34. The quantitative estimate of drug-likeness (QED) is 0.226. The molecule has 0 bridgehead atoms. The molecule has 1 saturated heterocycles. The maximum absolute atomic E-state index is 14.1. The maximum atomic E-state index is 14.1. The molecule has 0 unspecified atom stereocenters. The number of para-hydroxylation sites is 1. The van der Waals surface area contributed by atoms with Crippen LogP contribution in [-0.4, -0.2) is 56.7 Å². The van der Waals surface area contributed by atoms with Crippen LogP contribution >= 0.6 is 0 Å². The molecule has 0 N–H and O–H groups in total. The van der Waals surface area contributed by atoms with Crippen molar-refractivity contribution < 1.29 is 4.79 Å². The summed E-state index contributed by atoms with van der Waals surface area (Å²) in [6.07, 6.45) is 2.49. The number of rotatable bonds is 7. The van der Waals surface area contributed by atoms with Crippen LogP contribution in [0.4, 0.5) is 5.82 Å². The fourth-order valence-corrected chi connectivity index (χ4v) is 5.99. The van der Waals surface area contributed by atoms with Gasteiger partial charge in [0.05, 0.1) is 23.2 Å². The van der Waals surface area contributed by atoms with Gasteiger partial charge in [-0.2, -0.15) is 5.10 Å². The fraction of sp³-hybridized carbons (Fsp3) is 0.189. The third-order valence-corrected chi connectivity index (χ3v) is 8.34. The van der Waals surface area contributed by atoms with E-state index in [1.807, 2.05) is 107 Å². The minimum Gasteiger partial charge on any atom is -0.352 e. The third kappa shape index (κ3) is 5.56. The molecule has 0 radical (unpaired) electrons. The highest BCUT2D eigenvalue weighted by molar-refractivity contribution is 5.89. The van der Waals surface area contributed by atoms with Gasteiger partial charge in [0.2, 0.25) is 5.91 Å². The first-order valence-electron chi connectivity index (χ1n) is 15.1. The summed E-state index contributed by atoms with van der Waals surface area (Å²) in [7, 11) is 0. The summed E-state index contributed by atoms with van der Waals surface area (Å²) < 4.78 is 1.89. The van der Waals surface area contributed by atoms with Crippen molar-refractivity contribution in [1.82, 2.24) is 24.6 Å². The number of carbonyl (C=O) groups excluding carboxylic acids is 1. The summed E-state index contributed by atoms with van der Waals surface area (Å²) in [4.78, 5) is 28.5. The highest BCUT2D eigenvalue weighted by atomic mass is 16.2. The van der Waals surface area contributed by atoms with Crippen LogP contribution in [-0.2, 0) is 11.2 Å². The summed E-state index contributed by atoms with van der Waals surface area (Å²) >= 11 is 0. The predicted molar refractivity (Wildman–Crippen MR) is 174 cm³/mol. The Hall–Kier alpha value is -5.30. The van der Waals surface area contributed by atoms with Crippen molar-refractivity contribution in [3.05, 3.63) is 150 Å². The van der Waals surface area contributed by atoms with E-state index in [4.69, 9.17) is 15.1 Å². The molecule has 1 amide bonds. The van der Waals surface area contributed by atoms with Gasteiger partial charge in [0, 0.05) is 32.6 Å². The summed E-state index contributed by atoms with van der Waals surface area (Å²) in [6.45, 7) is 4.67. The Bertz CT molecular complexity index is 1820. The van der Waals surface area contributed by atoms with Crippen LogP contribution in [0.15, 0.2) is 121 Å². The van der Waals surface area contributed by atoms with Gasteiger partial charge in [-0.25, -0.2) is 14.6 Å². The van der Waals surface area contributed by atoms with Crippen LogP contribution in [0.1, 0.15) is 34.0 Å². The number of aromatic nitrogens is 4. The number of carbonyl (C=O) groups is 1. The Labute approximate surface area is 257 Å². The molecule has 0 atom stereocenters. The molecule has 3 heterocycles. The molecular weight excluding hydrogens is 544 g/mol. The van der Waals surface area contributed by atoms with E-state index in [-0.39, 0.29) is 11.8 Å². The van der Waals surface area contributed by atoms with Crippen LogP contribution in [0.2, 0.25) is 0 Å². The number of benzene rings is 4. The lowest BCUT2D eigenvalue weighted by atomic mass is 9.90. The van der Waals surface area contributed by atoms with E-state index in [2.05, 4.69) is 36.1 Å². The second-order valence-electron chi connectivity index (χ2n) is 11.3. The molecule has 218 valence electrons. The standard InChI is InChI=1S/C37H34N6O/c1-27-17-19-28(20-18-27)25-33-39-35(32-26-38-43(36(32)40-33)31-15-9-4-10-16-31)41-21-23-42(24-22-41)37(44)34(29-11-5-2-6-12-29)30-13-7-3-8-14-30/h2-20,26,34H,21-25H2,1H3. The van der Waals surface area contributed by atoms with Gasteiger partial charge in [0.15, 0.2) is 5.65 Å². The first kappa shape index (κ1) is 27.5. The number of anilines is 1. The average Bonchev–Trinajstić information content (AvgIpc) is 3.51. The highest BCUT2D eigenvalue weighted by Crippen LogP contribution is 2.30. The van der Waals surface area contributed by atoms with Gasteiger partial charge in [-0.1, -0.05) is 109 Å². The van der Waals surface area contributed by atoms with Gasteiger partial charge in [0.1, 0.15) is 11.6 Å². The zero-order chi connectivity index (χ0) is 29.9. The SMILES string of the molecule is Cc1ccc(Cc2nc(N3CCN(C(=O)C(c4ccccc4)c4ccccc4)CC3)c3cnn(-c4ccccc4)c3n2)cc1. The number of amides is 1. The van der Waals surface area contributed by atoms with E-state index >= 15 is 0 Å². The van der Waals surface area contributed by atoms with E-state index < -0.39 is 0 Å².